The molecule has 0 aliphatic rings. The first kappa shape index (κ1) is 20.0. The van der Waals surface area contributed by atoms with Crippen LogP contribution in [0.5, 0.6) is 0 Å². The molecule has 0 aliphatic carbocycles. The number of amides is 1. The van der Waals surface area contributed by atoms with Gasteiger partial charge in [-0.25, -0.2) is 0 Å². The first-order valence-corrected chi connectivity index (χ1v) is 7.68. The van der Waals surface area contributed by atoms with Gasteiger partial charge in [-0.05, 0) is 36.2 Å². The molecule has 0 fully saturated rings. The molecule has 6 heteroatoms. The van der Waals surface area contributed by atoms with Crippen LogP contribution in [0.1, 0.15) is 22.8 Å². The third-order valence-corrected chi connectivity index (χ3v) is 3.32. The fraction of sp³-hybridized carbons (Fsp3) is 0.222. The number of anilines is 1. The fourth-order valence-corrected chi connectivity index (χ4v) is 2.09. The molecule has 0 radical (unpaired) electrons. The number of guanidine groups is 1. The summed E-state index contributed by atoms with van der Waals surface area (Å²) in [5.41, 5.74) is 8.64. The minimum absolute atomic E-state index is 0. The summed E-state index contributed by atoms with van der Waals surface area (Å²) >= 11 is 0. The lowest BCUT2D eigenvalue weighted by molar-refractivity contribution is 0.0955. The number of nitrogens with zero attached hydrogens (tertiary/aromatic N) is 1. The van der Waals surface area contributed by atoms with Crippen LogP contribution in [0, 0.1) is 0 Å². The largest absolute Gasteiger partial charge is 0.370 e. The van der Waals surface area contributed by atoms with Gasteiger partial charge >= 0.3 is 0 Å². The first-order valence-electron chi connectivity index (χ1n) is 7.68. The number of nitrogens with one attached hydrogen (secondary N) is 2. The SMILES string of the molecule is CCc1cccc(NC(N)=NCCNC(=O)c2ccccc2)c1.I. The van der Waals surface area contributed by atoms with Gasteiger partial charge in [-0.1, -0.05) is 37.3 Å². The van der Waals surface area contributed by atoms with E-state index in [2.05, 4.69) is 28.6 Å². The minimum Gasteiger partial charge on any atom is -0.370 e. The van der Waals surface area contributed by atoms with Gasteiger partial charge in [0.15, 0.2) is 5.96 Å². The molecule has 0 bridgehead atoms. The summed E-state index contributed by atoms with van der Waals surface area (Å²) in [7, 11) is 0. The highest BCUT2D eigenvalue weighted by atomic mass is 127. The van der Waals surface area contributed by atoms with Gasteiger partial charge in [0.2, 0.25) is 0 Å². The predicted octanol–water partition coefficient (Wildman–Crippen LogP) is 3.02. The fourth-order valence-electron chi connectivity index (χ4n) is 2.09. The van der Waals surface area contributed by atoms with Crippen molar-refractivity contribution >= 4 is 41.5 Å². The zero-order valence-corrected chi connectivity index (χ0v) is 16.0. The summed E-state index contributed by atoms with van der Waals surface area (Å²) in [6.45, 7) is 2.96. The summed E-state index contributed by atoms with van der Waals surface area (Å²) < 4.78 is 0. The maximum Gasteiger partial charge on any atom is 0.251 e. The lowest BCUT2D eigenvalue weighted by Crippen LogP contribution is -2.28. The van der Waals surface area contributed by atoms with Gasteiger partial charge in [0.05, 0.1) is 6.54 Å². The van der Waals surface area contributed by atoms with Crippen LogP contribution in [0.15, 0.2) is 59.6 Å². The van der Waals surface area contributed by atoms with Gasteiger partial charge in [0, 0.05) is 17.8 Å². The molecule has 0 saturated heterocycles. The van der Waals surface area contributed by atoms with Crippen molar-refractivity contribution in [2.24, 2.45) is 10.7 Å². The van der Waals surface area contributed by atoms with Crippen molar-refractivity contribution in [3.63, 3.8) is 0 Å². The highest BCUT2D eigenvalue weighted by Gasteiger charge is 2.02. The number of hydrogen-bond acceptors (Lipinski definition) is 2. The molecule has 0 saturated carbocycles. The molecule has 1 amide bonds. The van der Waals surface area contributed by atoms with E-state index < -0.39 is 0 Å². The summed E-state index contributed by atoms with van der Waals surface area (Å²) in [6, 6.07) is 17.1. The van der Waals surface area contributed by atoms with Crippen LogP contribution < -0.4 is 16.4 Å². The number of rotatable bonds is 6. The van der Waals surface area contributed by atoms with Crippen LogP contribution in [-0.2, 0) is 6.42 Å². The Morgan fingerprint density at radius 3 is 2.58 bits per heavy atom. The molecule has 2 rings (SSSR count). The Morgan fingerprint density at radius 2 is 1.88 bits per heavy atom. The van der Waals surface area contributed by atoms with Crippen molar-refractivity contribution in [3.8, 4) is 0 Å². The Balaban J connectivity index is 0.00000288. The molecule has 24 heavy (non-hydrogen) atoms. The average Bonchev–Trinajstić information content (AvgIpc) is 2.59. The molecule has 128 valence electrons. The molecule has 4 N–H and O–H groups in total. The van der Waals surface area contributed by atoms with E-state index in [0.717, 1.165) is 12.1 Å². The third-order valence-electron chi connectivity index (χ3n) is 3.32. The molecule has 0 spiro atoms. The number of aliphatic imine (C=N–C) groups is 1. The Hall–Kier alpha value is -2.09. The molecule has 0 atom stereocenters. The zero-order valence-electron chi connectivity index (χ0n) is 13.7. The van der Waals surface area contributed by atoms with E-state index in [9.17, 15) is 4.79 Å². The van der Waals surface area contributed by atoms with E-state index >= 15 is 0 Å². The van der Waals surface area contributed by atoms with Gasteiger partial charge in [-0.3, -0.25) is 9.79 Å². The number of hydrogen-bond donors (Lipinski definition) is 3. The quantitative estimate of drug-likeness (QED) is 0.281. The maximum absolute atomic E-state index is 11.8. The smallest absolute Gasteiger partial charge is 0.251 e. The second-order valence-corrected chi connectivity index (χ2v) is 5.07. The number of carbonyl (C=O) groups excluding carboxylic acids is 1. The summed E-state index contributed by atoms with van der Waals surface area (Å²) in [4.78, 5) is 16.1. The van der Waals surface area contributed by atoms with Crippen molar-refractivity contribution in [2.45, 2.75) is 13.3 Å². The first-order chi connectivity index (χ1) is 11.2. The lowest BCUT2D eigenvalue weighted by Gasteiger charge is -2.07. The van der Waals surface area contributed by atoms with Crippen molar-refractivity contribution in [1.82, 2.24) is 5.32 Å². The minimum atomic E-state index is -0.108. The normalized spacial score (nSPS) is 10.6. The standard InChI is InChI=1S/C18H22N4O.HI/c1-2-14-7-6-10-16(13-14)22-18(19)21-12-11-20-17(23)15-8-4-3-5-9-15;/h3-10,13H,2,11-12H2,1H3,(H,20,23)(H3,19,21,22);1H. The van der Waals surface area contributed by atoms with Crippen molar-refractivity contribution in [1.29, 1.82) is 0 Å². The van der Waals surface area contributed by atoms with Gasteiger partial charge < -0.3 is 16.4 Å². The van der Waals surface area contributed by atoms with Crippen molar-refractivity contribution in [2.75, 3.05) is 18.4 Å². The molecule has 0 unspecified atom stereocenters. The lowest BCUT2D eigenvalue weighted by atomic mass is 10.1. The van der Waals surface area contributed by atoms with E-state index in [-0.39, 0.29) is 29.9 Å². The number of halogens is 1. The van der Waals surface area contributed by atoms with E-state index in [1.807, 2.05) is 36.4 Å². The number of nitrogens with two attached hydrogens (primary N) is 1. The molecular weight excluding hydrogens is 415 g/mol. The Labute approximate surface area is 159 Å². The Bertz CT molecular complexity index is 674. The maximum atomic E-state index is 11.8. The summed E-state index contributed by atoms with van der Waals surface area (Å²) in [6.07, 6.45) is 0.970. The average molecular weight is 438 g/mol. The zero-order chi connectivity index (χ0) is 16.5. The van der Waals surface area contributed by atoms with Crippen molar-refractivity contribution in [3.05, 3.63) is 65.7 Å². The van der Waals surface area contributed by atoms with Crippen LogP contribution in [-0.4, -0.2) is 25.0 Å². The highest BCUT2D eigenvalue weighted by Crippen LogP contribution is 2.10. The van der Waals surface area contributed by atoms with Crippen molar-refractivity contribution < 1.29 is 4.79 Å². The second kappa shape index (κ2) is 10.6. The van der Waals surface area contributed by atoms with Crippen LogP contribution in [0.3, 0.4) is 0 Å². The molecule has 0 aliphatic heterocycles. The van der Waals surface area contributed by atoms with Crippen LogP contribution in [0.25, 0.3) is 0 Å². The van der Waals surface area contributed by atoms with Gasteiger partial charge in [-0.15, -0.1) is 24.0 Å². The number of carbonyl (C=O) groups is 1. The molecular formula is C18H23IN4O. The van der Waals surface area contributed by atoms with Gasteiger partial charge in [0.25, 0.3) is 5.91 Å². The van der Waals surface area contributed by atoms with E-state index in [0.29, 0.717) is 24.6 Å². The Morgan fingerprint density at radius 1 is 1.12 bits per heavy atom. The van der Waals surface area contributed by atoms with Crippen LogP contribution in [0.4, 0.5) is 5.69 Å². The molecule has 2 aromatic carbocycles. The summed E-state index contributed by atoms with van der Waals surface area (Å²) in [5.74, 6) is 0.232. The monoisotopic (exact) mass is 438 g/mol. The number of aryl methyl sites for hydroxylation is 1. The Kier molecular flexibility index (Phi) is 8.85. The predicted molar refractivity (Wildman–Crippen MR) is 110 cm³/mol. The van der Waals surface area contributed by atoms with Crippen LogP contribution >= 0.6 is 24.0 Å². The molecule has 0 heterocycles. The number of benzene rings is 2. The van der Waals surface area contributed by atoms with Gasteiger partial charge in [0.1, 0.15) is 0 Å². The highest BCUT2D eigenvalue weighted by molar-refractivity contribution is 14.0. The molecule has 5 nitrogen and oxygen atoms in total. The molecule has 0 aromatic heterocycles. The van der Waals surface area contributed by atoms with Gasteiger partial charge in [-0.2, -0.15) is 0 Å². The van der Waals surface area contributed by atoms with E-state index in [1.165, 1.54) is 5.56 Å². The molecule has 2 aromatic rings. The topological polar surface area (TPSA) is 79.5 Å². The van der Waals surface area contributed by atoms with E-state index in [4.69, 9.17) is 5.73 Å². The third kappa shape index (κ3) is 6.57. The van der Waals surface area contributed by atoms with E-state index in [1.54, 1.807) is 12.1 Å². The summed E-state index contributed by atoms with van der Waals surface area (Å²) in [5, 5.41) is 5.86. The second-order valence-electron chi connectivity index (χ2n) is 5.07. The van der Waals surface area contributed by atoms with Crippen LogP contribution in [0.2, 0.25) is 0 Å².